The van der Waals surface area contributed by atoms with Crippen molar-refractivity contribution >= 4 is 11.8 Å². The largest absolute Gasteiger partial charge is 0.460 e. The van der Waals surface area contributed by atoms with Crippen molar-refractivity contribution in [3.05, 3.63) is 24.3 Å². The molecule has 0 saturated carbocycles. The fraction of sp³-hybridized carbons (Fsp3) is 0.600. The van der Waals surface area contributed by atoms with Gasteiger partial charge in [-0.1, -0.05) is 13.2 Å². The van der Waals surface area contributed by atoms with Gasteiger partial charge in [0.25, 0.3) is 0 Å². The lowest BCUT2D eigenvalue weighted by atomic mass is 10.1. The number of carbonyl (C=O) groups excluding carboxylic acids is 2. The van der Waals surface area contributed by atoms with Gasteiger partial charge in [0.1, 0.15) is 6.61 Å². The number of hydrogen-bond acceptors (Lipinski definition) is 5. The fourth-order valence-electron chi connectivity index (χ4n) is 1.19. The Balaban J connectivity index is 3.25. The lowest BCUT2D eigenvalue weighted by molar-refractivity contribution is -0.140. The Morgan fingerprint density at radius 3 is 1.95 bits per heavy atom. The van der Waals surface area contributed by atoms with Crippen molar-refractivity contribution < 1.29 is 23.8 Å². The van der Waals surface area contributed by atoms with Crippen molar-refractivity contribution in [2.75, 3.05) is 33.0 Å². The van der Waals surface area contributed by atoms with E-state index in [1.54, 1.807) is 13.8 Å². The van der Waals surface area contributed by atoms with Gasteiger partial charge >= 0.3 is 5.97 Å². The van der Waals surface area contributed by atoms with Crippen LogP contribution in [0.4, 0.5) is 0 Å². The van der Waals surface area contributed by atoms with E-state index in [0.29, 0.717) is 50.4 Å². The summed E-state index contributed by atoms with van der Waals surface area (Å²) in [5.41, 5.74) is 0.954. The first-order valence-corrected chi connectivity index (χ1v) is 6.62. The van der Waals surface area contributed by atoms with Crippen LogP contribution in [0.25, 0.3) is 0 Å². The summed E-state index contributed by atoms with van der Waals surface area (Å²) in [5, 5.41) is 0. The van der Waals surface area contributed by atoms with E-state index in [-0.39, 0.29) is 12.4 Å². The third-order valence-electron chi connectivity index (χ3n) is 2.35. The van der Waals surface area contributed by atoms with E-state index in [1.165, 1.54) is 0 Å². The summed E-state index contributed by atoms with van der Waals surface area (Å²) in [6.07, 6.45) is 1.15. The zero-order chi connectivity index (χ0) is 15.4. The van der Waals surface area contributed by atoms with Crippen LogP contribution in [-0.2, 0) is 23.8 Å². The normalized spacial score (nSPS) is 10.1. The summed E-state index contributed by atoms with van der Waals surface area (Å²) in [7, 11) is 0. The number of esters is 1. The second kappa shape index (κ2) is 11.4. The van der Waals surface area contributed by atoms with Crippen LogP contribution in [0.15, 0.2) is 24.3 Å². The summed E-state index contributed by atoms with van der Waals surface area (Å²) in [6, 6.07) is 0. The van der Waals surface area contributed by atoms with E-state index in [1.807, 2.05) is 0 Å². The summed E-state index contributed by atoms with van der Waals surface area (Å²) >= 11 is 0. The predicted molar refractivity (Wildman–Crippen MR) is 76.5 cm³/mol. The van der Waals surface area contributed by atoms with E-state index < -0.39 is 5.97 Å². The number of allylic oxidation sites excluding steroid dienone is 1. The molecule has 0 aliphatic carbocycles. The smallest absolute Gasteiger partial charge is 0.333 e. The van der Waals surface area contributed by atoms with Gasteiger partial charge in [-0.05, 0) is 25.8 Å². The monoisotopic (exact) mass is 284 g/mol. The maximum atomic E-state index is 11.2. The number of ketones is 1. The zero-order valence-corrected chi connectivity index (χ0v) is 12.4. The van der Waals surface area contributed by atoms with Crippen LogP contribution in [0.3, 0.4) is 0 Å². The van der Waals surface area contributed by atoms with Crippen molar-refractivity contribution in [1.29, 1.82) is 0 Å². The number of Topliss-reactive ketones (excluding diaryl/α,β-unsaturated/α-hetero) is 1. The molecular formula is C15H24O5. The number of ether oxygens (including phenoxy) is 3. The molecule has 0 unspecified atom stereocenters. The fourth-order valence-corrected chi connectivity index (χ4v) is 1.19. The highest BCUT2D eigenvalue weighted by Gasteiger charge is 2.02. The molecule has 0 bridgehead atoms. The SMILES string of the molecule is C=C(C)C(=O)CCCOCCOCCOC(=O)C(=C)C. The van der Waals surface area contributed by atoms with E-state index in [2.05, 4.69) is 13.2 Å². The average molecular weight is 284 g/mol. The van der Waals surface area contributed by atoms with Crippen LogP contribution in [-0.4, -0.2) is 44.8 Å². The molecule has 5 heteroatoms. The molecule has 114 valence electrons. The molecule has 0 aliphatic heterocycles. The van der Waals surface area contributed by atoms with Crippen molar-refractivity contribution in [3.8, 4) is 0 Å². The van der Waals surface area contributed by atoms with E-state index >= 15 is 0 Å². The molecule has 0 saturated heterocycles. The van der Waals surface area contributed by atoms with Gasteiger partial charge in [0.2, 0.25) is 0 Å². The Kier molecular flexibility index (Phi) is 10.5. The van der Waals surface area contributed by atoms with Crippen LogP contribution < -0.4 is 0 Å². The molecular weight excluding hydrogens is 260 g/mol. The number of carbonyl (C=O) groups is 2. The topological polar surface area (TPSA) is 61.8 Å². The molecule has 0 aromatic heterocycles. The predicted octanol–water partition coefficient (Wildman–Crippen LogP) is 2.06. The van der Waals surface area contributed by atoms with Gasteiger partial charge in [-0.25, -0.2) is 4.79 Å². The molecule has 0 spiro atoms. The maximum absolute atomic E-state index is 11.2. The molecule has 0 aromatic rings. The van der Waals surface area contributed by atoms with Gasteiger partial charge in [-0.2, -0.15) is 0 Å². The Labute approximate surface area is 120 Å². The Hall–Kier alpha value is -1.46. The number of hydrogen-bond donors (Lipinski definition) is 0. The van der Waals surface area contributed by atoms with E-state index in [9.17, 15) is 9.59 Å². The highest BCUT2D eigenvalue weighted by atomic mass is 16.6. The van der Waals surface area contributed by atoms with Crippen LogP contribution >= 0.6 is 0 Å². The second-order valence-electron chi connectivity index (χ2n) is 4.45. The van der Waals surface area contributed by atoms with Gasteiger partial charge in [0.15, 0.2) is 5.78 Å². The standard InChI is InChI=1S/C15H24O5/c1-12(2)14(16)6-5-7-18-8-9-19-10-11-20-15(17)13(3)4/h1,3,5-11H2,2,4H3. The third kappa shape index (κ3) is 10.5. The van der Waals surface area contributed by atoms with Crippen LogP contribution in [0.2, 0.25) is 0 Å². The number of rotatable bonds is 12. The molecule has 20 heavy (non-hydrogen) atoms. The Morgan fingerprint density at radius 1 is 0.850 bits per heavy atom. The van der Waals surface area contributed by atoms with Crippen molar-refractivity contribution in [2.45, 2.75) is 26.7 Å². The van der Waals surface area contributed by atoms with Crippen molar-refractivity contribution in [1.82, 2.24) is 0 Å². The van der Waals surface area contributed by atoms with E-state index in [4.69, 9.17) is 14.2 Å². The molecule has 0 aromatic carbocycles. The molecule has 0 amide bonds. The minimum atomic E-state index is -0.410. The highest BCUT2D eigenvalue weighted by molar-refractivity contribution is 5.94. The van der Waals surface area contributed by atoms with Crippen molar-refractivity contribution in [3.63, 3.8) is 0 Å². The van der Waals surface area contributed by atoms with Gasteiger partial charge in [0, 0.05) is 18.6 Å². The van der Waals surface area contributed by atoms with Gasteiger partial charge in [0.05, 0.1) is 19.8 Å². The second-order valence-corrected chi connectivity index (χ2v) is 4.45. The average Bonchev–Trinajstić information content (AvgIpc) is 2.39. The van der Waals surface area contributed by atoms with Crippen LogP contribution in [0.1, 0.15) is 26.7 Å². The minimum absolute atomic E-state index is 0.0733. The molecule has 0 fully saturated rings. The third-order valence-corrected chi connectivity index (χ3v) is 2.35. The Bertz CT molecular complexity index is 312. The first-order valence-electron chi connectivity index (χ1n) is 6.62. The molecule has 0 rings (SSSR count). The molecule has 0 atom stereocenters. The summed E-state index contributed by atoms with van der Waals surface area (Å²) in [4.78, 5) is 22.2. The van der Waals surface area contributed by atoms with Crippen molar-refractivity contribution in [2.24, 2.45) is 0 Å². The van der Waals surface area contributed by atoms with Gasteiger partial charge < -0.3 is 14.2 Å². The highest BCUT2D eigenvalue weighted by Crippen LogP contribution is 1.99. The minimum Gasteiger partial charge on any atom is -0.460 e. The van der Waals surface area contributed by atoms with E-state index in [0.717, 1.165) is 0 Å². The zero-order valence-electron chi connectivity index (χ0n) is 12.4. The lowest BCUT2D eigenvalue weighted by Crippen LogP contribution is -2.13. The molecule has 0 aliphatic rings. The summed E-state index contributed by atoms with van der Waals surface area (Å²) < 4.78 is 15.4. The summed E-state index contributed by atoms with van der Waals surface area (Å²) in [5.74, 6) is -0.337. The quantitative estimate of drug-likeness (QED) is 0.312. The lowest BCUT2D eigenvalue weighted by Gasteiger charge is -2.06. The van der Waals surface area contributed by atoms with Gasteiger partial charge in [-0.15, -0.1) is 0 Å². The van der Waals surface area contributed by atoms with Crippen LogP contribution in [0, 0.1) is 0 Å². The molecule has 5 nitrogen and oxygen atoms in total. The first kappa shape index (κ1) is 18.5. The summed E-state index contributed by atoms with van der Waals surface area (Å²) in [6.45, 7) is 12.3. The molecule has 0 radical (unpaired) electrons. The Morgan fingerprint density at radius 2 is 1.40 bits per heavy atom. The first-order chi connectivity index (χ1) is 9.45. The molecule has 0 heterocycles. The maximum Gasteiger partial charge on any atom is 0.333 e. The van der Waals surface area contributed by atoms with Gasteiger partial charge in [-0.3, -0.25) is 4.79 Å². The molecule has 0 N–H and O–H groups in total. The van der Waals surface area contributed by atoms with Crippen LogP contribution in [0.5, 0.6) is 0 Å².